The van der Waals surface area contributed by atoms with Gasteiger partial charge < -0.3 is 15.2 Å². The van der Waals surface area contributed by atoms with Crippen molar-refractivity contribution in [1.82, 2.24) is 5.32 Å². The molecule has 1 aromatic rings. The molecule has 2 fully saturated rings. The summed E-state index contributed by atoms with van der Waals surface area (Å²) in [6.45, 7) is 1.93. The molecule has 2 aliphatic rings. The number of carboxylic acids is 1. The zero-order valence-electron chi connectivity index (χ0n) is 12.6. The number of nitrogens with one attached hydrogen (secondary N) is 1. The summed E-state index contributed by atoms with van der Waals surface area (Å²) in [4.78, 5) is 23.7. The van der Waals surface area contributed by atoms with Crippen LogP contribution in [0.3, 0.4) is 0 Å². The molecule has 1 amide bonds. The van der Waals surface area contributed by atoms with E-state index >= 15 is 0 Å². The van der Waals surface area contributed by atoms with Gasteiger partial charge in [-0.05, 0) is 37.3 Å². The number of aryl methyl sites for hydroxylation is 1. The standard InChI is InChI=1S/C17H21NO4/c1-10-4-2-3-5-12(10)14(9-16(19)20)18-17(21)13-8-11-6-7-15(13)22-11/h2-5,11,13-15H,6-9H2,1H3,(H,18,21)(H,19,20). The molecule has 2 bridgehead atoms. The number of benzene rings is 1. The van der Waals surface area contributed by atoms with Gasteiger partial charge in [-0.15, -0.1) is 0 Å². The first kappa shape index (κ1) is 15.0. The second-order valence-electron chi connectivity index (χ2n) is 6.23. The summed E-state index contributed by atoms with van der Waals surface area (Å²) in [5, 5.41) is 12.1. The fraction of sp³-hybridized carbons (Fsp3) is 0.529. The van der Waals surface area contributed by atoms with Crippen LogP contribution in [0.2, 0.25) is 0 Å². The summed E-state index contributed by atoms with van der Waals surface area (Å²) >= 11 is 0. The van der Waals surface area contributed by atoms with Crippen molar-refractivity contribution < 1.29 is 19.4 Å². The van der Waals surface area contributed by atoms with Gasteiger partial charge in [-0.3, -0.25) is 9.59 Å². The first-order valence-electron chi connectivity index (χ1n) is 7.77. The minimum atomic E-state index is -0.919. The number of fused-ring (bicyclic) bond motifs is 2. The van der Waals surface area contributed by atoms with Crippen LogP contribution in [0, 0.1) is 12.8 Å². The lowest BCUT2D eigenvalue weighted by atomic mass is 9.88. The van der Waals surface area contributed by atoms with Gasteiger partial charge in [-0.2, -0.15) is 0 Å². The van der Waals surface area contributed by atoms with E-state index in [1.54, 1.807) is 0 Å². The fourth-order valence-electron chi connectivity index (χ4n) is 3.58. The lowest BCUT2D eigenvalue weighted by molar-refractivity contribution is -0.138. The number of carbonyl (C=O) groups excluding carboxylic acids is 1. The average Bonchev–Trinajstić information content (AvgIpc) is 3.09. The molecule has 4 atom stereocenters. The van der Waals surface area contributed by atoms with E-state index in [-0.39, 0.29) is 30.5 Å². The normalized spacial score (nSPS) is 27.6. The van der Waals surface area contributed by atoms with Gasteiger partial charge in [0.2, 0.25) is 5.91 Å². The highest BCUT2D eigenvalue weighted by molar-refractivity contribution is 5.81. The van der Waals surface area contributed by atoms with Gasteiger partial charge in [0.15, 0.2) is 0 Å². The zero-order chi connectivity index (χ0) is 15.7. The third-order valence-corrected chi connectivity index (χ3v) is 4.70. The maximum absolute atomic E-state index is 12.5. The number of amides is 1. The van der Waals surface area contributed by atoms with E-state index in [1.165, 1.54) is 0 Å². The minimum absolute atomic E-state index is 0.00680. The van der Waals surface area contributed by atoms with E-state index in [9.17, 15) is 9.59 Å². The van der Waals surface area contributed by atoms with Crippen LogP contribution in [0.1, 0.15) is 42.9 Å². The molecule has 0 aliphatic carbocycles. The maximum Gasteiger partial charge on any atom is 0.305 e. The Labute approximate surface area is 129 Å². The predicted molar refractivity (Wildman–Crippen MR) is 80.3 cm³/mol. The molecule has 5 nitrogen and oxygen atoms in total. The Balaban J connectivity index is 1.74. The van der Waals surface area contributed by atoms with Crippen molar-refractivity contribution in [3.05, 3.63) is 35.4 Å². The highest BCUT2D eigenvalue weighted by Gasteiger charge is 2.44. The number of hydrogen-bond acceptors (Lipinski definition) is 3. The van der Waals surface area contributed by atoms with Crippen LogP contribution in [0.25, 0.3) is 0 Å². The predicted octanol–water partition coefficient (Wildman–Crippen LogP) is 2.19. The smallest absolute Gasteiger partial charge is 0.305 e. The summed E-state index contributed by atoms with van der Waals surface area (Å²) in [5.41, 5.74) is 1.85. The average molecular weight is 303 g/mol. The summed E-state index contributed by atoms with van der Waals surface area (Å²) in [5.74, 6) is -1.14. The maximum atomic E-state index is 12.5. The van der Waals surface area contributed by atoms with Gasteiger partial charge >= 0.3 is 5.97 Å². The van der Waals surface area contributed by atoms with Crippen molar-refractivity contribution in [2.75, 3.05) is 0 Å². The Kier molecular flexibility index (Phi) is 4.16. The Morgan fingerprint density at radius 2 is 2.14 bits per heavy atom. The molecular weight excluding hydrogens is 282 g/mol. The molecule has 0 radical (unpaired) electrons. The molecule has 0 aromatic heterocycles. The number of carboxylic acid groups (broad SMARTS) is 1. The number of carbonyl (C=O) groups is 2. The number of hydrogen-bond donors (Lipinski definition) is 2. The third-order valence-electron chi connectivity index (χ3n) is 4.70. The monoisotopic (exact) mass is 303 g/mol. The van der Waals surface area contributed by atoms with Crippen molar-refractivity contribution in [3.63, 3.8) is 0 Å². The van der Waals surface area contributed by atoms with Gasteiger partial charge in [-0.1, -0.05) is 24.3 Å². The van der Waals surface area contributed by atoms with E-state index in [2.05, 4.69) is 5.32 Å². The van der Waals surface area contributed by atoms with E-state index in [0.717, 1.165) is 30.4 Å². The van der Waals surface area contributed by atoms with Crippen molar-refractivity contribution in [3.8, 4) is 0 Å². The van der Waals surface area contributed by atoms with Gasteiger partial charge in [0.1, 0.15) is 0 Å². The molecule has 5 heteroatoms. The van der Waals surface area contributed by atoms with Crippen molar-refractivity contribution in [2.45, 2.75) is 50.9 Å². The molecule has 1 aromatic carbocycles. The lowest BCUT2D eigenvalue weighted by Gasteiger charge is -2.24. The Bertz CT molecular complexity index is 586. The molecule has 2 N–H and O–H groups in total. The van der Waals surface area contributed by atoms with Crippen molar-refractivity contribution >= 4 is 11.9 Å². The highest BCUT2D eigenvalue weighted by atomic mass is 16.5. The van der Waals surface area contributed by atoms with Gasteiger partial charge in [0, 0.05) is 0 Å². The van der Waals surface area contributed by atoms with Crippen LogP contribution < -0.4 is 5.32 Å². The summed E-state index contributed by atoms with van der Waals surface area (Å²) in [7, 11) is 0. The van der Waals surface area contributed by atoms with Crippen LogP contribution in [0.5, 0.6) is 0 Å². The fourth-order valence-corrected chi connectivity index (χ4v) is 3.58. The second kappa shape index (κ2) is 6.08. The molecule has 2 aliphatic heterocycles. The first-order chi connectivity index (χ1) is 10.5. The second-order valence-corrected chi connectivity index (χ2v) is 6.23. The summed E-state index contributed by atoms with van der Waals surface area (Å²) < 4.78 is 5.72. The number of ether oxygens (including phenoxy) is 1. The zero-order valence-corrected chi connectivity index (χ0v) is 12.6. The quantitative estimate of drug-likeness (QED) is 0.874. The largest absolute Gasteiger partial charge is 0.481 e. The van der Waals surface area contributed by atoms with E-state index in [4.69, 9.17) is 9.84 Å². The molecule has 118 valence electrons. The third kappa shape index (κ3) is 2.99. The molecular formula is C17H21NO4. The molecule has 0 spiro atoms. The Hall–Kier alpha value is -1.88. The molecule has 22 heavy (non-hydrogen) atoms. The van der Waals surface area contributed by atoms with Crippen LogP contribution in [-0.2, 0) is 14.3 Å². The van der Waals surface area contributed by atoms with E-state index in [1.807, 2.05) is 31.2 Å². The molecule has 4 unspecified atom stereocenters. The SMILES string of the molecule is Cc1ccccc1C(CC(=O)O)NC(=O)C1CC2CCC1O2. The van der Waals surface area contributed by atoms with Gasteiger partial charge in [0.05, 0.1) is 30.6 Å². The minimum Gasteiger partial charge on any atom is -0.481 e. The van der Waals surface area contributed by atoms with E-state index < -0.39 is 12.0 Å². The number of rotatable bonds is 5. The van der Waals surface area contributed by atoms with Crippen LogP contribution in [0.4, 0.5) is 0 Å². The lowest BCUT2D eigenvalue weighted by Crippen LogP contribution is -2.39. The van der Waals surface area contributed by atoms with Gasteiger partial charge in [0.25, 0.3) is 0 Å². The van der Waals surface area contributed by atoms with Gasteiger partial charge in [-0.25, -0.2) is 0 Å². The van der Waals surface area contributed by atoms with E-state index in [0.29, 0.717) is 0 Å². The molecule has 3 rings (SSSR count). The topological polar surface area (TPSA) is 75.6 Å². The number of aliphatic carboxylic acids is 1. The first-order valence-corrected chi connectivity index (χ1v) is 7.77. The molecule has 2 saturated heterocycles. The van der Waals surface area contributed by atoms with Crippen molar-refractivity contribution in [2.24, 2.45) is 5.92 Å². The van der Waals surface area contributed by atoms with Crippen LogP contribution in [-0.4, -0.2) is 29.2 Å². The molecule has 2 heterocycles. The summed E-state index contributed by atoms with van der Waals surface area (Å²) in [6.07, 6.45) is 2.81. The Morgan fingerprint density at radius 1 is 1.36 bits per heavy atom. The van der Waals surface area contributed by atoms with Crippen LogP contribution in [0.15, 0.2) is 24.3 Å². The molecule has 0 saturated carbocycles. The van der Waals surface area contributed by atoms with Crippen molar-refractivity contribution in [1.29, 1.82) is 0 Å². The Morgan fingerprint density at radius 3 is 2.73 bits per heavy atom. The highest BCUT2D eigenvalue weighted by Crippen LogP contribution is 2.39. The summed E-state index contributed by atoms with van der Waals surface area (Å²) in [6, 6.07) is 7.08. The van der Waals surface area contributed by atoms with Crippen LogP contribution >= 0.6 is 0 Å².